The SMILES string of the molecule is CC1(C)c2cc(-c3cc(-c4ccccc4)cc(-c4ccc5c6c(cccc46)-c4cc(-c6ccccc6)ccc4O5)c3)ccc2-c2cc3ccccc3cc21. The van der Waals surface area contributed by atoms with Crippen LogP contribution in [0.15, 0.2) is 182 Å². The van der Waals surface area contributed by atoms with Crippen LogP contribution in [0.25, 0.3) is 88.3 Å². The minimum absolute atomic E-state index is 0.114. The number of rotatable bonds is 4. The lowest BCUT2D eigenvalue weighted by Gasteiger charge is -2.24. The maximum Gasteiger partial charge on any atom is 0.135 e. The average Bonchev–Trinajstić information content (AvgIpc) is 3.45. The summed E-state index contributed by atoms with van der Waals surface area (Å²) in [5.41, 5.74) is 17.3. The van der Waals surface area contributed by atoms with Crippen LogP contribution in [0.5, 0.6) is 11.5 Å². The van der Waals surface area contributed by atoms with E-state index < -0.39 is 0 Å². The summed E-state index contributed by atoms with van der Waals surface area (Å²) < 4.78 is 6.63. The molecule has 1 nitrogen and oxygen atoms in total. The lowest BCUT2D eigenvalue weighted by Crippen LogP contribution is -2.15. The van der Waals surface area contributed by atoms with E-state index in [1.165, 1.54) is 88.5 Å². The second-order valence-electron chi connectivity index (χ2n) is 15.3. The van der Waals surface area contributed by atoms with E-state index in [9.17, 15) is 0 Å². The van der Waals surface area contributed by atoms with Crippen molar-refractivity contribution in [3.05, 3.63) is 193 Å². The molecule has 0 N–H and O–H groups in total. The summed E-state index contributed by atoms with van der Waals surface area (Å²) >= 11 is 0. The first-order chi connectivity index (χ1) is 26.5. The first-order valence-corrected chi connectivity index (χ1v) is 18.8. The van der Waals surface area contributed by atoms with Crippen LogP contribution in [0.1, 0.15) is 25.0 Å². The predicted molar refractivity (Wildman–Crippen MR) is 226 cm³/mol. The van der Waals surface area contributed by atoms with Gasteiger partial charge in [-0.2, -0.15) is 0 Å². The number of ether oxygens (including phenoxy) is 1. The molecule has 0 radical (unpaired) electrons. The van der Waals surface area contributed by atoms with Gasteiger partial charge in [0.05, 0.1) is 0 Å². The molecule has 1 heterocycles. The average molecular weight is 689 g/mol. The fourth-order valence-electron chi connectivity index (χ4n) is 9.04. The molecular formula is C53H36O. The second-order valence-corrected chi connectivity index (χ2v) is 15.3. The summed E-state index contributed by atoms with van der Waals surface area (Å²) in [6.07, 6.45) is 0. The van der Waals surface area contributed by atoms with Gasteiger partial charge in [0, 0.05) is 16.4 Å². The molecule has 0 bridgehead atoms. The Hall–Kier alpha value is -6.70. The molecule has 0 unspecified atom stereocenters. The molecular weight excluding hydrogens is 653 g/mol. The van der Waals surface area contributed by atoms with E-state index in [1.807, 2.05) is 0 Å². The molecule has 1 aliphatic carbocycles. The number of hydrogen-bond acceptors (Lipinski definition) is 1. The summed E-state index contributed by atoms with van der Waals surface area (Å²) in [5, 5.41) is 4.93. The molecule has 11 rings (SSSR count). The zero-order valence-corrected chi connectivity index (χ0v) is 30.2. The van der Waals surface area contributed by atoms with Gasteiger partial charge in [-0.05, 0) is 143 Å². The van der Waals surface area contributed by atoms with E-state index in [4.69, 9.17) is 4.74 Å². The highest BCUT2D eigenvalue weighted by molar-refractivity contribution is 6.10. The number of benzene rings is 9. The van der Waals surface area contributed by atoms with Crippen molar-refractivity contribution in [1.29, 1.82) is 0 Å². The van der Waals surface area contributed by atoms with Crippen LogP contribution in [-0.2, 0) is 5.41 Å². The summed E-state index contributed by atoms with van der Waals surface area (Å²) in [7, 11) is 0. The summed E-state index contributed by atoms with van der Waals surface area (Å²) in [6.45, 7) is 4.75. The van der Waals surface area contributed by atoms with Crippen LogP contribution >= 0.6 is 0 Å². The van der Waals surface area contributed by atoms with E-state index in [1.54, 1.807) is 0 Å². The van der Waals surface area contributed by atoms with Crippen LogP contribution in [0.4, 0.5) is 0 Å². The predicted octanol–water partition coefficient (Wildman–Crippen LogP) is 14.7. The van der Waals surface area contributed by atoms with Gasteiger partial charge in [0.15, 0.2) is 0 Å². The molecule has 0 spiro atoms. The third-order valence-corrected chi connectivity index (χ3v) is 11.8. The van der Waals surface area contributed by atoms with Gasteiger partial charge in [0.25, 0.3) is 0 Å². The van der Waals surface area contributed by atoms with Crippen LogP contribution in [0.3, 0.4) is 0 Å². The van der Waals surface area contributed by atoms with Crippen molar-refractivity contribution in [2.45, 2.75) is 19.3 Å². The van der Waals surface area contributed by atoms with Crippen LogP contribution < -0.4 is 4.74 Å². The first kappa shape index (κ1) is 30.9. The van der Waals surface area contributed by atoms with E-state index >= 15 is 0 Å². The maximum atomic E-state index is 6.63. The third kappa shape index (κ3) is 4.72. The molecule has 54 heavy (non-hydrogen) atoms. The van der Waals surface area contributed by atoms with E-state index in [0.29, 0.717) is 0 Å². The molecule has 1 aliphatic heterocycles. The molecule has 0 saturated carbocycles. The van der Waals surface area contributed by atoms with Crippen molar-refractivity contribution in [1.82, 2.24) is 0 Å². The molecule has 9 aromatic carbocycles. The van der Waals surface area contributed by atoms with Gasteiger partial charge in [-0.25, -0.2) is 0 Å². The molecule has 0 amide bonds. The normalized spacial score (nSPS) is 13.3. The monoisotopic (exact) mass is 688 g/mol. The summed E-state index contributed by atoms with van der Waals surface area (Å²) in [4.78, 5) is 0. The Balaban J connectivity index is 1.08. The van der Waals surface area contributed by atoms with Gasteiger partial charge in [0.2, 0.25) is 0 Å². The molecule has 0 fully saturated rings. The summed E-state index contributed by atoms with van der Waals surface area (Å²) in [5.74, 6) is 1.79. The van der Waals surface area contributed by atoms with Crippen molar-refractivity contribution in [3.8, 4) is 78.3 Å². The van der Waals surface area contributed by atoms with Gasteiger partial charge in [-0.1, -0.05) is 141 Å². The van der Waals surface area contributed by atoms with Crippen molar-refractivity contribution in [3.63, 3.8) is 0 Å². The van der Waals surface area contributed by atoms with Crippen LogP contribution in [-0.4, -0.2) is 0 Å². The van der Waals surface area contributed by atoms with Crippen LogP contribution in [0.2, 0.25) is 0 Å². The molecule has 2 aliphatic rings. The minimum Gasteiger partial charge on any atom is -0.456 e. The fourth-order valence-corrected chi connectivity index (χ4v) is 9.04. The van der Waals surface area contributed by atoms with Gasteiger partial charge in [0.1, 0.15) is 11.5 Å². The second kappa shape index (κ2) is 11.7. The molecule has 0 aromatic heterocycles. The van der Waals surface area contributed by atoms with Crippen molar-refractivity contribution in [2.24, 2.45) is 0 Å². The zero-order valence-electron chi connectivity index (χ0n) is 30.2. The highest BCUT2D eigenvalue weighted by atomic mass is 16.5. The largest absolute Gasteiger partial charge is 0.456 e. The van der Waals surface area contributed by atoms with E-state index in [0.717, 1.165) is 22.4 Å². The van der Waals surface area contributed by atoms with Crippen molar-refractivity contribution in [2.75, 3.05) is 0 Å². The Morgan fingerprint density at radius 2 is 0.926 bits per heavy atom. The Morgan fingerprint density at radius 3 is 1.70 bits per heavy atom. The molecule has 0 atom stereocenters. The third-order valence-electron chi connectivity index (χ3n) is 11.8. The highest BCUT2D eigenvalue weighted by Crippen LogP contribution is 2.52. The Labute approximate surface area is 315 Å². The molecule has 254 valence electrons. The zero-order chi connectivity index (χ0) is 36.0. The van der Waals surface area contributed by atoms with Gasteiger partial charge < -0.3 is 4.74 Å². The smallest absolute Gasteiger partial charge is 0.135 e. The number of hydrogen-bond donors (Lipinski definition) is 0. The van der Waals surface area contributed by atoms with E-state index in [-0.39, 0.29) is 5.41 Å². The molecule has 0 saturated heterocycles. The standard InChI is InChI=1S/C53H36O/c1-53(2)48-32-38(20-22-43(48)46-29-35-16-9-10-17-36(35)31-49(46)53)40-26-39(34-14-7-4-8-15-34)27-41(28-40)42-23-25-51-52-44(42)18-11-19-45(52)47-30-37(21-24-50(47)54-51)33-12-5-3-6-13-33/h3-32H,1-2H3. The number of fused-ring (bicyclic) bond motifs is 6. The topological polar surface area (TPSA) is 9.23 Å². The van der Waals surface area contributed by atoms with Crippen molar-refractivity contribution < 1.29 is 4.74 Å². The Kier molecular flexibility index (Phi) is 6.66. The van der Waals surface area contributed by atoms with E-state index in [2.05, 4.69) is 196 Å². The Bertz CT molecular complexity index is 2970. The van der Waals surface area contributed by atoms with Gasteiger partial charge in [-0.15, -0.1) is 0 Å². The maximum absolute atomic E-state index is 6.63. The quantitative estimate of drug-likeness (QED) is 0.179. The van der Waals surface area contributed by atoms with Crippen LogP contribution in [0, 0.1) is 0 Å². The van der Waals surface area contributed by atoms with Crippen molar-refractivity contribution >= 4 is 21.5 Å². The first-order valence-electron chi connectivity index (χ1n) is 18.8. The minimum atomic E-state index is -0.114. The molecule has 1 heteroatoms. The van der Waals surface area contributed by atoms with Gasteiger partial charge in [-0.3, -0.25) is 0 Å². The lowest BCUT2D eigenvalue weighted by atomic mass is 9.81. The molecule has 9 aromatic rings. The lowest BCUT2D eigenvalue weighted by molar-refractivity contribution is 0.487. The Morgan fingerprint density at radius 1 is 0.333 bits per heavy atom. The fraction of sp³-hybridized carbons (Fsp3) is 0.0566. The van der Waals surface area contributed by atoms with Gasteiger partial charge >= 0.3 is 0 Å². The highest BCUT2D eigenvalue weighted by Gasteiger charge is 2.36. The summed E-state index contributed by atoms with van der Waals surface area (Å²) in [6, 6.07) is 66.7.